The van der Waals surface area contributed by atoms with Gasteiger partial charge in [-0.15, -0.1) is 0 Å². The predicted molar refractivity (Wildman–Crippen MR) is 50.3 cm³/mol. The van der Waals surface area contributed by atoms with Crippen molar-refractivity contribution in [3.8, 4) is 0 Å². The SMILES string of the molecule is C.CC(C)C1=[N+](C)CCN1C. The molecule has 0 unspecified atom stereocenters. The van der Waals surface area contributed by atoms with Crippen LogP contribution < -0.4 is 0 Å². The molecule has 0 amide bonds. The van der Waals surface area contributed by atoms with E-state index in [1.807, 2.05) is 0 Å². The summed E-state index contributed by atoms with van der Waals surface area (Å²) in [5.41, 5.74) is 0. The van der Waals surface area contributed by atoms with Gasteiger partial charge in [0.1, 0.15) is 13.1 Å². The van der Waals surface area contributed by atoms with E-state index in [9.17, 15) is 0 Å². The first-order valence-electron chi connectivity index (χ1n) is 3.92. The van der Waals surface area contributed by atoms with Crippen molar-refractivity contribution in [2.24, 2.45) is 5.92 Å². The lowest BCUT2D eigenvalue weighted by atomic mass is 10.2. The van der Waals surface area contributed by atoms with E-state index in [4.69, 9.17) is 0 Å². The number of likely N-dealkylation sites (N-methyl/N-ethyl adjacent to an activating group) is 2. The van der Waals surface area contributed by atoms with E-state index in [1.54, 1.807) is 0 Å². The molecule has 0 aliphatic carbocycles. The number of hydrogen-bond donors (Lipinski definition) is 0. The number of nitrogens with zero attached hydrogens (tertiary/aromatic N) is 2. The van der Waals surface area contributed by atoms with Gasteiger partial charge in [-0.3, -0.25) is 9.48 Å². The summed E-state index contributed by atoms with van der Waals surface area (Å²) in [7, 11) is 4.33. The molecule has 2 heteroatoms. The molecule has 0 radical (unpaired) electrons. The maximum atomic E-state index is 2.34. The van der Waals surface area contributed by atoms with Crippen LogP contribution in [-0.2, 0) is 0 Å². The highest BCUT2D eigenvalue weighted by Crippen LogP contribution is 2.05. The Balaban J connectivity index is 0.000001000. The zero-order valence-corrected chi connectivity index (χ0v) is 7.39. The Hall–Kier alpha value is -0.530. The van der Waals surface area contributed by atoms with E-state index in [1.165, 1.54) is 18.9 Å². The first kappa shape index (κ1) is 10.5. The van der Waals surface area contributed by atoms with Gasteiger partial charge in [-0.2, -0.15) is 0 Å². The molecule has 0 N–H and O–H groups in total. The maximum absolute atomic E-state index is 2.34. The molecule has 0 spiro atoms. The largest absolute Gasteiger partial charge is 0.264 e. The Morgan fingerprint density at radius 1 is 1.45 bits per heavy atom. The van der Waals surface area contributed by atoms with Crippen LogP contribution in [0.3, 0.4) is 0 Å². The summed E-state index contributed by atoms with van der Waals surface area (Å²) in [6, 6.07) is 0. The molecule has 11 heavy (non-hydrogen) atoms. The fourth-order valence-electron chi connectivity index (χ4n) is 1.70. The third kappa shape index (κ3) is 1.95. The highest BCUT2D eigenvalue weighted by Gasteiger charge is 2.26. The van der Waals surface area contributed by atoms with E-state index in [-0.39, 0.29) is 7.43 Å². The van der Waals surface area contributed by atoms with Crippen molar-refractivity contribution in [2.75, 3.05) is 27.2 Å². The second-order valence-electron chi connectivity index (χ2n) is 3.36. The van der Waals surface area contributed by atoms with Gasteiger partial charge in [0, 0.05) is 0 Å². The van der Waals surface area contributed by atoms with Crippen LogP contribution in [0, 0.1) is 5.92 Å². The summed E-state index contributed by atoms with van der Waals surface area (Å²) in [4.78, 5) is 2.34. The van der Waals surface area contributed by atoms with E-state index in [2.05, 4.69) is 37.4 Å². The molecule has 1 heterocycles. The highest BCUT2D eigenvalue weighted by molar-refractivity contribution is 5.79. The average molecular weight is 157 g/mol. The van der Waals surface area contributed by atoms with Crippen LogP contribution in [-0.4, -0.2) is 42.5 Å². The topological polar surface area (TPSA) is 6.25 Å². The van der Waals surface area contributed by atoms with Gasteiger partial charge in [0.15, 0.2) is 0 Å². The standard InChI is InChI=1S/C8H17N2.CH4/c1-7(2)8-9(3)5-6-10(8)4;/h7H,5-6H2,1-4H3;1H4/q+1;. The molecular weight excluding hydrogens is 136 g/mol. The number of amidine groups is 1. The van der Waals surface area contributed by atoms with Gasteiger partial charge in [-0.25, -0.2) is 0 Å². The molecule has 0 aromatic heterocycles. The van der Waals surface area contributed by atoms with E-state index >= 15 is 0 Å². The summed E-state index contributed by atoms with van der Waals surface area (Å²) < 4.78 is 2.34. The Labute approximate surface area is 70.5 Å². The molecular formula is C9H21N2+. The van der Waals surface area contributed by atoms with Gasteiger partial charge in [0.2, 0.25) is 5.84 Å². The molecule has 66 valence electrons. The van der Waals surface area contributed by atoms with Gasteiger partial charge in [-0.05, 0) is 0 Å². The van der Waals surface area contributed by atoms with Crippen LogP contribution in [0.5, 0.6) is 0 Å². The van der Waals surface area contributed by atoms with Crippen LogP contribution in [0.25, 0.3) is 0 Å². The van der Waals surface area contributed by atoms with Crippen molar-refractivity contribution in [1.82, 2.24) is 4.90 Å². The molecule has 1 aliphatic heterocycles. The zero-order valence-electron chi connectivity index (χ0n) is 7.39. The normalized spacial score (nSPS) is 17.7. The average Bonchev–Trinajstić information content (AvgIpc) is 2.11. The third-order valence-electron chi connectivity index (χ3n) is 2.07. The predicted octanol–water partition coefficient (Wildman–Crippen LogP) is 1.26. The zero-order chi connectivity index (χ0) is 7.72. The smallest absolute Gasteiger partial charge is 0.249 e. The fraction of sp³-hybridized carbons (Fsp3) is 0.889. The molecule has 0 saturated carbocycles. The van der Waals surface area contributed by atoms with Crippen LogP contribution >= 0.6 is 0 Å². The molecule has 0 fully saturated rings. The minimum Gasteiger partial charge on any atom is -0.264 e. The minimum atomic E-state index is 0. The quantitative estimate of drug-likeness (QED) is 0.519. The highest BCUT2D eigenvalue weighted by atomic mass is 15.3. The summed E-state index contributed by atoms with van der Waals surface area (Å²) in [6.07, 6.45) is 0. The van der Waals surface area contributed by atoms with E-state index in [0.717, 1.165) is 0 Å². The Morgan fingerprint density at radius 3 is 2.18 bits per heavy atom. The second-order valence-corrected chi connectivity index (χ2v) is 3.36. The van der Waals surface area contributed by atoms with Crippen molar-refractivity contribution >= 4 is 5.84 Å². The molecule has 0 atom stereocenters. The first-order chi connectivity index (χ1) is 4.63. The van der Waals surface area contributed by atoms with Crippen LogP contribution in [0.1, 0.15) is 21.3 Å². The number of hydrogen-bond acceptors (Lipinski definition) is 1. The molecule has 2 nitrogen and oxygen atoms in total. The van der Waals surface area contributed by atoms with Gasteiger partial charge in [-0.1, -0.05) is 21.3 Å². The van der Waals surface area contributed by atoms with Crippen molar-refractivity contribution < 1.29 is 4.58 Å². The van der Waals surface area contributed by atoms with E-state index < -0.39 is 0 Å². The van der Waals surface area contributed by atoms with Crippen LogP contribution in [0.4, 0.5) is 0 Å². The molecule has 1 aliphatic rings. The molecule has 0 saturated heterocycles. The summed E-state index contributed by atoms with van der Waals surface area (Å²) in [6.45, 7) is 6.86. The molecule has 0 bridgehead atoms. The summed E-state index contributed by atoms with van der Waals surface area (Å²) >= 11 is 0. The summed E-state index contributed by atoms with van der Waals surface area (Å²) in [5, 5.41) is 0. The Bertz CT molecular complexity index is 159. The lowest BCUT2D eigenvalue weighted by Gasteiger charge is -2.09. The van der Waals surface area contributed by atoms with Crippen molar-refractivity contribution in [1.29, 1.82) is 0 Å². The van der Waals surface area contributed by atoms with Crippen LogP contribution in [0.15, 0.2) is 0 Å². The maximum Gasteiger partial charge on any atom is 0.249 e. The summed E-state index contributed by atoms with van der Waals surface area (Å²) in [5.74, 6) is 2.14. The van der Waals surface area contributed by atoms with Crippen molar-refractivity contribution in [2.45, 2.75) is 21.3 Å². The van der Waals surface area contributed by atoms with Crippen molar-refractivity contribution in [3.05, 3.63) is 0 Å². The van der Waals surface area contributed by atoms with Gasteiger partial charge < -0.3 is 0 Å². The monoisotopic (exact) mass is 157 g/mol. The van der Waals surface area contributed by atoms with E-state index in [0.29, 0.717) is 5.92 Å². The number of rotatable bonds is 1. The fourth-order valence-corrected chi connectivity index (χ4v) is 1.70. The molecule has 1 rings (SSSR count). The Kier molecular flexibility index (Phi) is 3.56. The van der Waals surface area contributed by atoms with Gasteiger partial charge in [0.25, 0.3) is 0 Å². The Morgan fingerprint density at radius 2 is 2.00 bits per heavy atom. The van der Waals surface area contributed by atoms with Crippen LogP contribution in [0.2, 0.25) is 0 Å². The molecule has 0 aromatic rings. The third-order valence-corrected chi connectivity index (χ3v) is 2.07. The van der Waals surface area contributed by atoms with Gasteiger partial charge >= 0.3 is 0 Å². The lowest BCUT2D eigenvalue weighted by Crippen LogP contribution is -2.29. The molecule has 0 aromatic carbocycles. The first-order valence-corrected chi connectivity index (χ1v) is 3.92. The van der Waals surface area contributed by atoms with Crippen molar-refractivity contribution in [3.63, 3.8) is 0 Å². The second kappa shape index (κ2) is 3.74. The van der Waals surface area contributed by atoms with Gasteiger partial charge in [0.05, 0.1) is 20.0 Å². The minimum absolute atomic E-state index is 0. The lowest BCUT2D eigenvalue weighted by molar-refractivity contribution is -0.488.